The summed E-state index contributed by atoms with van der Waals surface area (Å²) < 4.78 is 5.40. The number of nitrogens with one attached hydrogen (secondary N) is 1. The maximum Gasteiger partial charge on any atom is 0.250 e. The molecule has 2 saturated heterocycles. The second-order valence-electron chi connectivity index (χ2n) is 10.5. The normalized spacial score (nSPS) is 17.0. The van der Waals surface area contributed by atoms with E-state index in [0.717, 1.165) is 22.6 Å². The number of anilines is 1. The van der Waals surface area contributed by atoms with Crippen molar-refractivity contribution in [1.29, 1.82) is 0 Å². The van der Waals surface area contributed by atoms with E-state index in [1.165, 1.54) is 0 Å². The van der Waals surface area contributed by atoms with Gasteiger partial charge in [0.05, 0.1) is 13.8 Å². The Bertz CT molecular complexity index is 1360. The van der Waals surface area contributed by atoms with Crippen LogP contribution in [-0.2, 0) is 20.8 Å². The molecule has 1 N–H and O–H groups in total. The fraction of sp³-hybridized carbons (Fsp3) is 0.344. The van der Waals surface area contributed by atoms with Gasteiger partial charge in [-0.3, -0.25) is 14.4 Å². The summed E-state index contributed by atoms with van der Waals surface area (Å²) in [5, 5.41) is 2.18. The topological polar surface area (TPSA) is 82.2 Å². The fourth-order valence-electron chi connectivity index (χ4n) is 5.82. The van der Waals surface area contributed by atoms with Crippen LogP contribution in [0.1, 0.15) is 29.3 Å². The molecule has 9 heteroatoms. The number of methoxy groups -OCH3 is 1. The van der Waals surface area contributed by atoms with Crippen LogP contribution in [0.5, 0.6) is 5.75 Å². The number of hydrogen-bond donors (Lipinski definition) is 1. The van der Waals surface area contributed by atoms with E-state index < -0.39 is 10.9 Å². The molecule has 5 rings (SSSR count). The lowest BCUT2D eigenvalue weighted by Crippen LogP contribution is -2.57. The molecule has 3 amide bonds. The quantitative estimate of drug-likeness (QED) is 0.391. The Morgan fingerprint density at radius 3 is 2.27 bits per heavy atom. The number of likely N-dealkylation sites (tertiary alicyclic amines) is 1. The van der Waals surface area contributed by atoms with Crippen molar-refractivity contribution in [2.24, 2.45) is 0 Å². The lowest BCUT2D eigenvalue weighted by Gasteiger charge is -2.43. The highest BCUT2D eigenvalue weighted by Crippen LogP contribution is 2.40. The van der Waals surface area contributed by atoms with Crippen LogP contribution in [0, 0.1) is 0 Å². The monoisotopic (exact) mass is 574 g/mol. The smallest absolute Gasteiger partial charge is 0.250 e. The standard InChI is InChI=1S/C32H35ClN4O4/c1-41-27-15-9-8-10-24(27)16-19-34-28(38)22-36-23-37(26-13-6-3-7-14-26)32(31(36)40)17-20-35(21-18-32)30(39)29(33)25-11-4-2-5-12-25/h2-15,29H,16-23H2,1H3,(H,34,38). The van der Waals surface area contributed by atoms with E-state index in [1.807, 2.05) is 84.9 Å². The number of nitrogens with zero attached hydrogens (tertiary/aromatic N) is 3. The van der Waals surface area contributed by atoms with E-state index in [9.17, 15) is 14.4 Å². The Hall–Kier alpha value is -4.04. The highest BCUT2D eigenvalue weighted by molar-refractivity contribution is 6.30. The summed E-state index contributed by atoms with van der Waals surface area (Å²) in [6.07, 6.45) is 1.53. The molecule has 1 spiro atoms. The molecule has 0 radical (unpaired) electrons. The van der Waals surface area contributed by atoms with Gasteiger partial charge in [0.1, 0.15) is 23.2 Å². The first-order chi connectivity index (χ1) is 19.9. The van der Waals surface area contributed by atoms with Crippen molar-refractivity contribution >= 4 is 35.0 Å². The van der Waals surface area contributed by atoms with Gasteiger partial charge in [-0.1, -0.05) is 66.7 Å². The van der Waals surface area contributed by atoms with Gasteiger partial charge >= 0.3 is 0 Å². The van der Waals surface area contributed by atoms with Gasteiger partial charge in [0.2, 0.25) is 11.8 Å². The van der Waals surface area contributed by atoms with Gasteiger partial charge in [0.15, 0.2) is 0 Å². The molecule has 2 fully saturated rings. The van der Waals surface area contributed by atoms with Crippen molar-refractivity contribution in [3.63, 3.8) is 0 Å². The van der Waals surface area contributed by atoms with Crippen molar-refractivity contribution in [1.82, 2.24) is 15.1 Å². The zero-order chi connectivity index (χ0) is 28.8. The van der Waals surface area contributed by atoms with Crippen molar-refractivity contribution in [3.8, 4) is 5.75 Å². The molecule has 8 nitrogen and oxygen atoms in total. The number of alkyl halides is 1. The number of rotatable bonds is 9. The predicted octanol–water partition coefficient (Wildman–Crippen LogP) is 4.00. The number of benzene rings is 3. The minimum Gasteiger partial charge on any atom is -0.496 e. The molecule has 1 unspecified atom stereocenters. The lowest BCUT2D eigenvalue weighted by atomic mass is 9.85. The van der Waals surface area contributed by atoms with E-state index >= 15 is 0 Å². The van der Waals surface area contributed by atoms with Crippen molar-refractivity contribution in [2.45, 2.75) is 30.2 Å². The van der Waals surface area contributed by atoms with Gasteiger partial charge in [-0.25, -0.2) is 0 Å². The maximum absolute atomic E-state index is 14.0. The predicted molar refractivity (Wildman–Crippen MR) is 159 cm³/mol. The Balaban J connectivity index is 1.25. The van der Waals surface area contributed by atoms with Crippen LogP contribution >= 0.6 is 11.6 Å². The molecule has 0 aliphatic carbocycles. The van der Waals surface area contributed by atoms with Crippen LogP contribution in [0.4, 0.5) is 5.69 Å². The number of piperidine rings is 1. The number of amides is 3. The van der Waals surface area contributed by atoms with Gasteiger partial charge in [-0.2, -0.15) is 0 Å². The molecule has 41 heavy (non-hydrogen) atoms. The summed E-state index contributed by atoms with van der Waals surface area (Å²) in [4.78, 5) is 45.6. The molecule has 0 bridgehead atoms. The van der Waals surface area contributed by atoms with Crippen molar-refractivity contribution in [2.75, 3.05) is 44.9 Å². The summed E-state index contributed by atoms with van der Waals surface area (Å²) in [7, 11) is 1.63. The van der Waals surface area contributed by atoms with E-state index in [4.69, 9.17) is 16.3 Å². The van der Waals surface area contributed by atoms with E-state index in [-0.39, 0.29) is 24.3 Å². The van der Waals surface area contributed by atoms with Crippen LogP contribution in [0.15, 0.2) is 84.9 Å². The minimum atomic E-state index is -0.829. The van der Waals surface area contributed by atoms with Crippen LogP contribution in [0.2, 0.25) is 0 Å². The number of carbonyl (C=O) groups is 3. The van der Waals surface area contributed by atoms with Crippen molar-refractivity contribution in [3.05, 3.63) is 96.1 Å². The Labute approximate surface area is 245 Å². The van der Waals surface area contributed by atoms with E-state index in [1.54, 1.807) is 16.9 Å². The lowest BCUT2D eigenvalue weighted by molar-refractivity contribution is -0.139. The minimum absolute atomic E-state index is 0.0315. The van der Waals surface area contributed by atoms with Gasteiger partial charge in [0, 0.05) is 25.3 Å². The molecular formula is C32H35ClN4O4. The van der Waals surface area contributed by atoms with E-state index in [0.29, 0.717) is 45.6 Å². The first kappa shape index (κ1) is 28.5. The summed E-state index contributed by atoms with van der Waals surface area (Å²) in [5.74, 6) is 0.333. The molecule has 2 aliphatic heterocycles. The largest absolute Gasteiger partial charge is 0.496 e. The van der Waals surface area contributed by atoms with E-state index in [2.05, 4.69) is 10.2 Å². The fourth-order valence-corrected chi connectivity index (χ4v) is 6.10. The molecule has 0 saturated carbocycles. The number of hydrogen-bond acceptors (Lipinski definition) is 5. The average Bonchev–Trinajstić information content (AvgIpc) is 3.27. The molecule has 3 aromatic rings. The van der Waals surface area contributed by atoms with Crippen LogP contribution in [-0.4, -0.2) is 73.0 Å². The Kier molecular flexibility index (Phi) is 8.78. The third-order valence-electron chi connectivity index (χ3n) is 8.04. The highest BCUT2D eigenvalue weighted by Gasteiger charge is 2.54. The second-order valence-corrected chi connectivity index (χ2v) is 10.9. The average molecular weight is 575 g/mol. The first-order valence-electron chi connectivity index (χ1n) is 13.9. The summed E-state index contributed by atoms with van der Waals surface area (Å²) in [5.41, 5.74) is 1.85. The van der Waals surface area contributed by atoms with Gasteiger partial charge in [0.25, 0.3) is 5.91 Å². The molecule has 1 atom stereocenters. The molecular weight excluding hydrogens is 540 g/mol. The third kappa shape index (κ3) is 6.03. The number of carbonyl (C=O) groups excluding carboxylic acids is 3. The SMILES string of the molecule is COc1ccccc1CCNC(=O)CN1CN(c2ccccc2)C2(CCN(C(=O)C(Cl)c3ccccc3)CC2)C1=O. The number of halogens is 1. The third-order valence-corrected chi connectivity index (χ3v) is 8.48. The first-order valence-corrected chi connectivity index (χ1v) is 14.3. The molecule has 2 heterocycles. The zero-order valence-electron chi connectivity index (χ0n) is 23.2. The zero-order valence-corrected chi connectivity index (χ0v) is 23.9. The van der Waals surface area contributed by atoms with Crippen LogP contribution < -0.4 is 15.0 Å². The Morgan fingerprint density at radius 2 is 1.59 bits per heavy atom. The molecule has 0 aromatic heterocycles. The maximum atomic E-state index is 14.0. The number of para-hydroxylation sites is 2. The summed E-state index contributed by atoms with van der Waals surface area (Å²) in [6, 6.07) is 26.8. The van der Waals surface area contributed by atoms with Gasteiger partial charge < -0.3 is 24.8 Å². The van der Waals surface area contributed by atoms with Gasteiger partial charge in [-0.05, 0) is 48.6 Å². The Morgan fingerprint density at radius 1 is 0.951 bits per heavy atom. The highest BCUT2D eigenvalue weighted by atomic mass is 35.5. The van der Waals surface area contributed by atoms with Crippen LogP contribution in [0.3, 0.4) is 0 Å². The second kappa shape index (κ2) is 12.6. The van der Waals surface area contributed by atoms with Crippen molar-refractivity contribution < 1.29 is 19.1 Å². The number of ether oxygens (including phenoxy) is 1. The molecule has 214 valence electrons. The summed E-state index contributed by atoms with van der Waals surface area (Å²) in [6.45, 7) is 1.52. The molecule has 2 aliphatic rings. The molecule has 3 aromatic carbocycles. The van der Waals surface area contributed by atoms with Gasteiger partial charge in [-0.15, -0.1) is 11.6 Å². The summed E-state index contributed by atoms with van der Waals surface area (Å²) >= 11 is 6.54. The van der Waals surface area contributed by atoms with Crippen LogP contribution in [0.25, 0.3) is 0 Å².